The van der Waals surface area contributed by atoms with Gasteiger partial charge in [0.05, 0.1) is 0 Å². The van der Waals surface area contributed by atoms with Gasteiger partial charge in [-0.25, -0.2) is 0 Å². The highest BCUT2D eigenvalue weighted by Crippen LogP contribution is 2.19. The van der Waals surface area contributed by atoms with Crippen molar-refractivity contribution in [2.24, 2.45) is 5.92 Å². The minimum atomic E-state index is 0.723. The third-order valence-corrected chi connectivity index (χ3v) is 2.88. The normalized spacial score (nSPS) is 20.1. The highest BCUT2D eigenvalue weighted by Gasteiger charge is 2.03. The van der Waals surface area contributed by atoms with Crippen molar-refractivity contribution in [3.63, 3.8) is 0 Å². The van der Waals surface area contributed by atoms with Crippen LogP contribution in [0, 0.1) is 5.92 Å². The van der Waals surface area contributed by atoms with Crippen molar-refractivity contribution in [1.82, 2.24) is 0 Å². The lowest BCUT2D eigenvalue weighted by atomic mass is 9.94. The Balaban J connectivity index is 1.91. The molecule has 15 heavy (non-hydrogen) atoms. The monoisotopic (exact) mass is 198 g/mol. The minimum Gasteiger partial charge on any atom is -0.0837 e. The fraction of sp³-hybridized carbons (Fsp3) is 0.333. The Hall–Kier alpha value is -1.30. The maximum Gasteiger partial charge on any atom is -0.0221 e. The van der Waals surface area contributed by atoms with Crippen LogP contribution in [0.5, 0.6) is 0 Å². The Morgan fingerprint density at radius 2 is 1.93 bits per heavy atom. The molecular weight excluding hydrogens is 180 g/mol. The van der Waals surface area contributed by atoms with Crippen LogP contribution in [0.25, 0.3) is 0 Å². The summed E-state index contributed by atoms with van der Waals surface area (Å²) in [4.78, 5) is 0. The van der Waals surface area contributed by atoms with Gasteiger partial charge in [0.1, 0.15) is 0 Å². The van der Waals surface area contributed by atoms with Crippen molar-refractivity contribution < 1.29 is 0 Å². The molecule has 0 bridgehead atoms. The summed E-state index contributed by atoms with van der Waals surface area (Å²) in [7, 11) is 0. The standard InChI is InChI=1S/C15H18/c1-13-6-5-9-15(12-13)11-10-14-7-3-2-4-8-14/h2-5,7-9,12-13H,6,10-11H2,1H3. The van der Waals surface area contributed by atoms with E-state index in [1.54, 1.807) is 0 Å². The summed E-state index contributed by atoms with van der Waals surface area (Å²) in [6.45, 7) is 2.28. The second-order valence-corrected chi connectivity index (χ2v) is 4.34. The summed E-state index contributed by atoms with van der Waals surface area (Å²) in [6, 6.07) is 10.7. The molecule has 1 aromatic carbocycles. The number of benzene rings is 1. The van der Waals surface area contributed by atoms with Gasteiger partial charge in [-0.05, 0) is 30.7 Å². The Kier molecular flexibility index (Phi) is 3.39. The first kappa shape index (κ1) is 10.2. The maximum absolute atomic E-state index is 2.41. The van der Waals surface area contributed by atoms with E-state index in [2.05, 4.69) is 55.5 Å². The van der Waals surface area contributed by atoms with E-state index in [-0.39, 0.29) is 0 Å². The maximum atomic E-state index is 2.41. The van der Waals surface area contributed by atoms with E-state index in [9.17, 15) is 0 Å². The molecule has 0 heterocycles. The fourth-order valence-corrected chi connectivity index (χ4v) is 2.02. The molecular formula is C15H18. The lowest BCUT2D eigenvalue weighted by Gasteiger charge is -2.12. The van der Waals surface area contributed by atoms with E-state index in [1.807, 2.05) is 0 Å². The summed E-state index contributed by atoms with van der Waals surface area (Å²) in [5.41, 5.74) is 2.93. The van der Waals surface area contributed by atoms with Crippen molar-refractivity contribution in [3.8, 4) is 0 Å². The van der Waals surface area contributed by atoms with Gasteiger partial charge in [-0.2, -0.15) is 0 Å². The van der Waals surface area contributed by atoms with Gasteiger partial charge in [-0.15, -0.1) is 0 Å². The summed E-state index contributed by atoms with van der Waals surface area (Å²) in [5, 5.41) is 0. The molecule has 2 rings (SSSR count). The molecule has 1 unspecified atom stereocenters. The molecule has 0 aliphatic heterocycles. The SMILES string of the molecule is CC1C=C(CCc2ccccc2)C=CC1. The molecule has 1 aliphatic carbocycles. The van der Waals surface area contributed by atoms with E-state index in [0.717, 1.165) is 12.3 Å². The smallest absolute Gasteiger partial charge is 0.0221 e. The van der Waals surface area contributed by atoms with Crippen molar-refractivity contribution in [2.75, 3.05) is 0 Å². The first-order valence-corrected chi connectivity index (χ1v) is 5.76. The zero-order valence-electron chi connectivity index (χ0n) is 9.32. The number of hydrogen-bond donors (Lipinski definition) is 0. The van der Waals surface area contributed by atoms with Crippen LogP contribution in [0.1, 0.15) is 25.3 Å². The second kappa shape index (κ2) is 4.97. The van der Waals surface area contributed by atoms with E-state index in [4.69, 9.17) is 0 Å². The molecule has 0 aromatic heterocycles. The van der Waals surface area contributed by atoms with E-state index in [0.29, 0.717) is 0 Å². The Morgan fingerprint density at radius 1 is 1.13 bits per heavy atom. The third-order valence-electron chi connectivity index (χ3n) is 2.88. The molecule has 0 spiro atoms. The van der Waals surface area contributed by atoms with Crippen LogP contribution < -0.4 is 0 Å². The van der Waals surface area contributed by atoms with Crippen molar-refractivity contribution in [2.45, 2.75) is 26.2 Å². The summed E-state index contributed by atoms with van der Waals surface area (Å²) in [6.07, 6.45) is 10.5. The Bertz CT molecular complexity index is 357. The second-order valence-electron chi connectivity index (χ2n) is 4.34. The van der Waals surface area contributed by atoms with E-state index < -0.39 is 0 Å². The van der Waals surface area contributed by atoms with E-state index in [1.165, 1.54) is 24.0 Å². The molecule has 0 saturated carbocycles. The molecule has 1 atom stereocenters. The van der Waals surface area contributed by atoms with Gasteiger partial charge >= 0.3 is 0 Å². The summed E-state index contributed by atoms with van der Waals surface area (Å²) < 4.78 is 0. The van der Waals surface area contributed by atoms with Gasteiger partial charge in [0.25, 0.3) is 0 Å². The lowest BCUT2D eigenvalue weighted by Crippen LogP contribution is -1.96. The van der Waals surface area contributed by atoms with Crippen LogP contribution in [-0.2, 0) is 6.42 Å². The largest absolute Gasteiger partial charge is 0.0837 e. The average Bonchev–Trinajstić information content (AvgIpc) is 2.28. The molecule has 0 amide bonds. The van der Waals surface area contributed by atoms with Gasteiger partial charge < -0.3 is 0 Å². The summed E-state index contributed by atoms with van der Waals surface area (Å²) >= 11 is 0. The highest BCUT2D eigenvalue weighted by molar-refractivity contribution is 5.25. The third kappa shape index (κ3) is 3.09. The first-order valence-electron chi connectivity index (χ1n) is 5.76. The van der Waals surface area contributed by atoms with Crippen LogP contribution >= 0.6 is 0 Å². The van der Waals surface area contributed by atoms with Crippen LogP contribution in [0.4, 0.5) is 0 Å². The van der Waals surface area contributed by atoms with Crippen molar-refractivity contribution in [3.05, 3.63) is 59.7 Å². The van der Waals surface area contributed by atoms with Crippen molar-refractivity contribution in [1.29, 1.82) is 0 Å². The van der Waals surface area contributed by atoms with Gasteiger partial charge in [-0.1, -0.05) is 61.1 Å². The quantitative estimate of drug-likeness (QED) is 0.684. The highest BCUT2D eigenvalue weighted by atomic mass is 14.1. The van der Waals surface area contributed by atoms with Crippen LogP contribution in [0.2, 0.25) is 0 Å². The first-order chi connectivity index (χ1) is 7.34. The van der Waals surface area contributed by atoms with Gasteiger partial charge in [0, 0.05) is 0 Å². The predicted octanol–water partition coefficient (Wildman–Crippen LogP) is 4.14. The summed E-state index contributed by atoms with van der Waals surface area (Å²) in [5.74, 6) is 0.723. The Labute approximate surface area is 92.3 Å². The zero-order chi connectivity index (χ0) is 10.5. The zero-order valence-corrected chi connectivity index (χ0v) is 9.32. The molecule has 0 N–H and O–H groups in total. The number of aryl methyl sites for hydroxylation is 1. The molecule has 1 aromatic rings. The number of rotatable bonds is 3. The molecule has 0 nitrogen and oxygen atoms in total. The Morgan fingerprint density at radius 3 is 2.67 bits per heavy atom. The molecule has 0 heteroatoms. The van der Waals surface area contributed by atoms with Gasteiger partial charge in [0.2, 0.25) is 0 Å². The molecule has 0 fully saturated rings. The topological polar surface area (TPSA) is 0 Å². The minimum absolute atomic E-state index is 0.723. The lowest BCUT2D eigenvalue weighted by molar-refractivity contribution is 0.720. The molecule has 0 saturated heterocycles. The fourth-order valence-electron chi connectivity index (χ4n) is 2.02. The average molecular weight is 198 g/mol. The van der Waals surface area contributed by atoms with Crippen LogP contribution in [-0.4, -0.2) is 0 Å². The number of hydrogen-bond acceptors (Lipinski definition) is 0. The molecule has 1 aliphatic rings. The predicted molar refractivity (Wildman–Crippen MR) is 65.8 cm³/mol. The van der Waals surface area contributed by atoms with Crippen LogP contribution in [0.15, 0.2) is 54.1 Å². The van der Waals surface area contributed by atoms with Gasteiger partial charge in [-0.3, -0.25) is 0 Å². The molecule has 78 valence electrons. The van der Waals surface area contributed by atoms with E-state index >= 15 is 0 Å². The molecule has 0 radical (unpaired) electrons. The van der Waals surface area contributed by atoms with Crippen molar-refractivity contribution >= 4 is 0 Å². The van der Waals surface area contributed by atoms with Crippen LogP contribution in [0.3, 0.4) is 0 Å². The number of allylic oxidation sites excluding steroid dienone is 4. The van der Waals surface area contributed by atoms with Gasteiger partial charge in [0.15, 0.2) is 0 Å².